The highest BCUT2D eigenvalue weighted by atomic mass is 16.5. The lowest BCUT2D eigenvalue weighted by Gasteiger charge is -2.31. The van der Waals surface area contributed by atoms with Gasteiger partial charge in [-0.25, -0.2) is 9.50 Å². The summed E-state index contributed by atoms with van der Waals surface area (Å²) >= 11 is 0. The van der Waals surface area contributed by atoms with E-state index in [1.54, 1.807) is 16.9 Å². The second-order valence-electron chi connectivity index (χ2n) is 5.72. The van der Waals surface area contributed by atoms with Crippen LogP contribution < -0.4 is 11.1 Å². The van der Waals surface area contributed by atoms with Crippen LogP contribution in [0.3, 0.4) is 0 Å². The summed E-state index contributed by atoms with van der Waals surface area (Å²) in [5.74, 6) is -0.863. The Kier molecular flexibility index (Phi) is 4.72. The summed E-state index contributed by atoms with van der Waals surface area (Å²) in [6, 6.07) is -0.369. The maximum Gasteiger partial charge on any atom is 0.257 e. The Labute approximate surface area is 138 Å². The van der Waals surface area contributed by atoms with Gasteiger partial charge in [0.2, 0.25) is 5.91 Å². The zero-order valence-corrected chi connectivity index (χ0v) is 13.3. The van der Waals surface area contributed by atoms with Crippen molar-refractivity contribution in [3.63, 3.8) is 0 Å². The van der Waals surface area contributed by atoms with Crippen molar-refractivity contribution < 1.29 is 19.1 Å². The van der Waals surface area contributed by atoms with Crippen LogP contribution in [0.15, 0.2) is 18.6 Å². The van der Waals surface area contributed by atoms with Gasteiger partial charge in [0.25, 0.3) is 5.91 Å². The van der Waals surface area contributed by atoms with Gasteiger partial charge in [-0.15, -0.1) is 0 Å². The fourth-order valence-electron chi connectivity index (χ4n) is 2.62. The molecule has 9 heteroatoms. The molecule has 2 amide bonds. The largest absolute Gasteiger partial charge is 0.379 e. The maximum atomic E-state index is 12.5. The minimum absolute atomic E-state index is 0.186. The van der Waals surface area contributed by atoms with E-state index in [1.165, 1.54) is 6.20 Å². The number of amides is 2. The van der Waals surface area contributed by atoms with Gasteiger partial charge in [-0.3, -0.25) is 9.59 Å². The highest BCUT2D eigenvalue weighted by Gasteiger charge is 2.29. The number of fused-ring (bicyclic) bond motifs is 1. The molecule has 2 aromatic rings. The molecule has 1 fully saturated rings. The van der Waals surface area contributed by atoms with Gasteiger partial charge in [-0.2, -0.15) is 5.10 Å². The Morgan fingerprint density at radius 1 is 1.50 bits per heavy atom. The van der Waals surface area contributed by atoms with E-state index in [0.29, 0.717) is 30.8 Å². The number of ether oxygens (including phenoxy) is 2. The van der Waals surface area contributed by atoms with Gasteiger partial charge in [-0.1, -0.05) is 0 Å². The van der Waals surface area contributed by atoms with Crippen molar-refractivity contribution in [1.29, 1.82) is 0 Å². The predicted molar refractivity (Wildman–Crippen MR) is 83.3 cm³/mol. The highest BCUT2D eigenvalue weighted by molar-refractivity contribution is 5.99. The average molecular weight is 333 g/mol. The van der Waals surface area contributed by atoms with Gasteiger partial charge in [-0.05, 0) is 18.9 Å². The van der Waals surface area contributed by atoms with E-state index in [1.807, 2.05) is 6.92 Å². The van der Waals surface area contributed by atoms with E-state index in [2.05, 4.69) is 15.4 Å². The van der Waals surface area contributed by atoms with Crippen LogP contribution in [-0.4, -0.2) is 58.4 Å². The molecule has 0 aliphatic carbocycles. The molecule has 3 heterocycles. The Balaban J connectivity index is 1.73. The molecule has 1 saturated heterocycles. The number of aromatic nitrogens is 3. The molecule has 3 rings (SSSR count). The van der Waals surface area contributed by atoms with E-state index < -0.39 is 5.91 Å². The molecule has 128 valence electrons. The number of rotatable bonds is 5. The number of carbonyl (C=O) groups is 2. The van der Waals surface area contributed by atoms with Crippen LogP contribution in [-0.2, 0) is 14.3 Å². The molecule has 0 unspecified atom stereocenters. The summed E-state index contributed by atoms with van der Waals surface area (Å²) in [7, 11) is 0. The van der Waals surface area contributed by atoms with Crippen molar-refractivity contribution in [2.75, 3.05) is 19.8 Å². The second kappa shape index (κ2) is 6.93. The molecule has 2 atom stereocenters. The van der Waals surface area contributed by atoms with Gasteiger partial charge in [0.05, 0.1) is 24.9 Å². The monoisotopic (exact) mass is 333 g/mol. The molecular weight excluding hydrogens is 314 g/mol. The van der Waals surface area contributed by atoms with Crippen molar-refractivity contribution in [2.24, 2.45) is 5.73 Å². The van der Waals surface area contributed by atoms with E-state index in [0.717, 1.165) is 5.56 Å². The van der Waals surface area contributed by atoms with Crippen molar-refractivity contribution in [1.82, 2.24) is 19.9 Å². The number of nitrogens with zero attached hydrogens (tertiary/aromatic N) is 3. The second-order valence-corrected chi connectivity index (χ2v) is 5.72. The molecule has 2 aromatic heterocycles. The fourth-order valence-corrected chi connectivity index (χ4v) is 2.62. The predicted octanol–water partition coefficient (Wildman–Crippen LogP) is -0.573. The number of primary amides is 1. The van der Waals surface area contributed by atoms with E-state index in [-0.39, 0.29) is 24.7 Å². The third-order valence-electron chi connectivity index (χ3n) is 3.78. The minimum atomic E-state index is -0.547. The summed E-state index contributed by atoms with van der Waals surface area (Å²) in [5, 5.41) is 7.01. The summed E-state index contributed by atoms with van der Waals surface area (Å²) in [4.78, 5) is 27.7. The fraction of sp³-hybridized carbons (Fsp3) is 0.467. The number of nitrogens with one attached hydrogen (secondary N) is 1. The van der Waals surface area contributed by atoms with Crippen LogP contribution in [0, 0.1) is 6.92 Å². The smallest absolute Gasteiger partial charge is 0.257 e. The van der Waals surface area contributed by atoms with Crippen LogP contribution in [0.4, 0.5) is 0 Å². The summed E-state index contributed by atoms with van der Waals surface area (Å²) < 4.78 is 12.4. The molecule has 0 bridgehead atoms. The minimum Gasteiger partial charge on any atom is -0.379 e. The summed E-state index contributed by atoms with van der Waals surface area (Å²) in [5.41, 5.74) is 6.89. The zero-order chi connectivity index (χ0) is 17.1. The van der Waals surface area contributed by atoms with E-state index in [9.17, 15) is 9.59 Å². The number of carbonyl (C=O) groups excluding carboxylic acids is 2. The van der Waals surface area contributed by atoms with Gasteiger partial charge in [0.1, 0.15) is 12.2 Å². The molecular formula is C15H19N5O4. The Morgan fingerprint density at radius 2 is 2.33 bits per heavy atom. The van der Waals surface area contributed by atoms with Gasteiger partial charge in [0, 0.05) is 19.0 Å². The number of nitrogens with two attached hydrogens (primary N) is 1. The van der Waals surface area contributed by atoms with E-state index in [4.69, 9.17) is 15.2 Å². The van der Waals surface area contributed by atoms with Crippen LogP contribution in [0.1, 0.15) is 22.3 Å². The highest BCUT2D eigenvalue weighted by Crippen LogP contribution is 2.14. The van der Waals surface area contributed by atoms with Crippen molar-refractivity contribution in [3.8, 4) is 0 Å². The van der Waals surface area contributed by atoms with Gasteiger partial charge < -0.3 is 20.5 Å². The molecule has 1 aliphatic rings. The Morgan fingerprint density at radius 3 is 3.12 bits per heavy atom. The van der Waals surface area contributed by atoms with Crippen molar-refractivity contribution in [3.05, 3.63) is 29.7 Å². The maximum absolute atomic E-state index is 12.5. The third kappa shape index (κ3) is 3.52. The average Bonchev–Trinajstić information content (AvgIpc) is 2.97. The lowest BCUT2D eigenvalue weighted by atomic mass is 10.1. The van der Waals surface area contributed by atoms with Crippen LogP contribution in [0.2, 0.25) is 0 Å². The summed E-state index contributed by atoms with van der Waals surface area (Å²) in [6.07, 6.45) is 5.19. The number of hydrogen-bond donors (Lipinski definition) is 2. The SMILES string of the molecule is Cc1cnc2c(C(=O)N[C@@H]3COCC[C@@H]3OCC(N)=O)cnn2c1. The molecule has 0 saturated carbocycles. The molecule has 0 spiro atoms. The normalized spacial score (nSPS) is 20.9. The van der Waals surface area contributed by atoms with Crippen molar-refractivity contribution >= 4 is 17.5 Å². The Hall–Kier alpha value is -2.52. The lowest BCUT2D eigenvalue weighted by Crippen LogP contribution is -2.51. The Bertz CT molecular complexity index is 759. The zero-order valence-electron chi connectivity index (χ0n) is 13.3. The first kappa shape index (κ1) is 16.3. The first-order valence-electron chi connectivity index (χ1n) is 7.63. The van der Waals surface area contributed by atoms with Gasteiger partial charge in [0.15, 0.2) is 5.65 Å². The van der Waals surface area contributed by atoms with Crippen molar-refractivity contribution in [2.45, 2.75) is 25.5 Å². The van der Waals surface area contributed by atoms with Crippen LogP contribution in [0.25, 0.3) is 5.65 Å². The quantitative estimate of drug-likeness (QED) is 0.756. The van der Waals surface area contributed by atoms with Crippen LogP contribution in [0.5, 0.6) is 0 Å². The third-order valence-corrected chi connectivity index (χ3v) is 3.78. The topological polar surface area (TPSA) is 121 Å². The molecule has 24 heavy (non-hydrogen) atoms. The van der Waals surface area contributed by atoms with Crippen LogP contribution >= 0.6 is 0 Å². The van der Waals surface area contributed by atoms with Gasteiger partial charge >= 0.3 is 0 Å². The van der Waals surface area contributed by atoms with E-state index >= 15 is 0 Å². The molecule has 1 aliphatic heterocycles. The molecule has 0 radical (unpaired) electrons. The summed E-state index contributed by atoms with van der Waals surface area (Å²) in [6.45, 7) is 2.52. The molecule has 0 aromatic carbocycles. The standard InChI is InChI=1S/C15H19N5O4/c1-9-4-17-14-10(5-18-20(14)6-9)15(22)19-11-7-23-3-2-12(11)24-8-13(16)21/h4-6,11-12H,2-3,7-8H2,1H3,(H2,16,21)(H,19,22)/t11-,12+/m1/s1. The first-order valence-corrected chi connectivity index (χ1v) is 7.63. The first-order chi connectivity index (χ1) is 11.5. The molecule has 9 nitrogen and oxygen atoms in total. The number of hydrogen-bond acceptors (Lipinski definition) is 6. The number of aryl methyl sites for hydroxylation is 1. The lowest BCUT2D eigenvalue weighted by molar-refractivity contribution is -0.128. The molecule has 3 N–H and O–H groups in total.